The molecule has 120 valence electrons. The largest absolute Gasteiger partial charge is 0.344 e. The molecule has 0 unspecified atom stereocenters. The van der Waals surface area contributed by atoms with Gasteiger partial charge >= 0.3 is 0 Å². The molecule has 3 rings (SSSR count). The van der Waals surface area contributed by atoms with Crippen molar-refractivity contribution in [1.82, 2.24) is 0 Å². The number of aryl methyl sites for hydroxylation is 2. The van der Waals surface area contributed by atoms with E-state index in [1.165, 1.54) is 27.9 Å². The molecular formula is C23H23N. The second-order valence-corrected chi connectivity index (χ2v) is 6.29. The number of rotatable bonds is 3. The average Bonchev–Trinajstić information content (AvgIpc) is 2.58. The molecule has 0 saturated heterocycles. The molecular weight excluding hydrogens is 290 g/mol. The second kappa shape index (κ2) is 6.76. The third kappa shape index (κ3) is 3.41. The molecule has 0 aromatic heterocycles. The first-order chi connectivity index (χ1) is 11.5. The van der Waals surface area contributed by atoms with Gasteiger partial charge in [0.05, 0.1) is 0 Å². The first-order valence-electron chi connectivity index (χ1n) is 8.21. The Labute approximate surface area is 144 Å². The lowest BCUT2D eigenvalue weighted by Crippen LogP contribution is -2.18. The molecule has 0 spiro atoms. The number of allylic oxidation sites excluding steroid dienone is 4. The van der Waals surface area contributed by atoms with Crippen LogP contribution in [0.25, 0.3) is 12.2 Å². The highest BCUT2D eigenvalue weighted by Crippen LogP contribution is 2.29. The summed E-state index contributed by atoms with van der Waals surface area (Å²) in [5.74, 6) is 0. The smallest absolute Gasteiger partial charge is 0.0481 e. The molecule has 2 aromatic rings. The molecule has 1 aliphatic heterocycles. The lowest BCUT2D eigenvalue weighted by atomic mass is 10.0. The quantitative estimate of drug-likeness (QED) is 0.636. The molecule has 2 aromatic carbocycles. The van der Waals surface area contributed by atoms with Gasteiger partial charge < -0.3 is 4.90 Å². The Balaban J connectivity index is 1.81. The minimum Gasteiger partial charge on any atom is -0.344 e. The van der Waals surface area contributed by atoms with E-state index in [9.17, 15) is 0 Å². The Morgan fingerprint density at radius 1 is 1.04 bits per heavy atom. The molecule has 1 heteroatoms. The first-order valence-corrected chi connectivity index (χ1v) is 8.21. The topological polar surface area (TPSA) is 3.24 Å². The zero-order valence-electron chi connectivity index (χ0n) is 14.6. The number of likely N-dealkylation sites (N-methyl/N-ethyl adjacent to an activating group) is 1. The molecule has 1 nitrogen and oxygen atoms in total. The van der Waals surface area contributed by atoms with Gasteiger partial charge in [-0.2, -0.15) is 0 Å². The van der Waals surface area contributed by atoms with E-state index in [-0.39, 0.29) is 0 Å². The zero-order valence-corrected chi connectivity index (χ0v) is 14.6. The van der Waals surface area contributed by atoms with E-state index in [0.717, 1.165) is 11.3 Å². The van der Waals surface area contributed by atoms with Crippen LogP contribution < -0.4 is 4.90 Å². The summed E-state index contributed by atoms with van der Waals surface area (Å²) in [6, 6.07) is 14.9. The fourth-order valence-electron chi connectivity index (χ4n) is 2.88. The molecule has 24 heavy (non-hydrogen) atoms. The Morgan fingerprint density at radius 3 is 2.67 bits per heavy atom. The van der Waals surface area contributed by atoms with Gasteiger partial charge in [0, 0.05) is 18.4 Å². The van der Waals surface area contributed by atoms with Crippen molar-refractivity contribution in [3.8, 4) is 0 Å². The molecule has 0 atom stereocenters. The first kappa shape index (κ1) is 16.1. The van der Waals surface area contributed by atoms with Gasteiger partial charge in [-0.05, 0) is 54.3 Å². The number of anilines is 1. The number of nitrogens with zero attached hydrogens (tertiary/aromatic N) is 1. The number of benzene rings is 2. The van der Waals surface area contributed by atoms with E-state index >= 15 is 0 Å². The summed E-state index contributed by atoms with van der Waals surface area (Å²) in [6.07, 6.45) is 10.6. The van der Waals surface area contributed by atoms with Crippen molar-refractivity contribution >= 4 is 17.8 Å². The van der Waals surface area contributed by atoms with Crippen molar-refractivity contribution in [2.24, 2.45) is 0 Å². The van der Waals surface area contributed by atoms with Crippen LogP contribution in [0, 0.1) is 13.8 Å². The molecule has 0 bridgehead atoms. The predicted molar refractivity (Wildman–Crippen MR) is 106 cm³/mol. The molecule has 0 radical (unpaired) electrons. The van der Waals surface area contributed by atoms with Gasteiger partial charge in [-0.25, -0.2) is 0 Å². The maximum absolute atomic E-state index is 4.18. The van der Waals surface area contributed by atoms with E-state index in [0.29, 0.717) is 0 Å². The highest BCUT2D eigenvalue weighted by Gasteiger charge is 2.12. The Kier molecular flexibility index (Phi) is 4.52. The summed E-state index contributed by atoms with van der Waals surface area (Å²) in [5.41, 5.74) is 8.39. The normalized spacial score (nSPS) is 15.1. The summed E-state index contributed by atoms with van der Waals surface area (Å²) in [6.45, 7) is 8.43. The lowest BCUT2D eigenvalue weighted by Gasteiger charge is -2.26. The SMILES string of the molecule is C=C(/C=C\c1cc(C)ccc1C)/C=C1\C=Cc2ccccc2N1C. The standard InChI is InChI=1S/C23H23N/c1-17-9-11-19(3)21(15-17)12-10-18(2)16-22-14-13-20-7-5-6-8-23(20)24(22)4/h5-16H,2H2,1,3-4H3/b12-10-,22-16+. The summed E-state index contributed by atoms with van der Waals surface area (Å²) < 4.78 is 0. The summed E-state index contributed by atoms with van der Waals surface area (Å²) >= 11 is 0. The van der Waals surface area contributed by atoms with Crippen molar-refractivity contribution in [2.45, 2.75) is 13.8 Å². The van der Waals surface area contributed by atoms with Gasteiger partial charge in [-0.3, -0.25) is 0 Å². The lowest BCUT2D eigenvalue weighted by molar-refractivity contribution is 1.12. The van der Waals surface area contributed by atoms with E-state index in [4.69, 9.17) is 0 Å². The highest BCUT2D eigenvalue weighted by molar-refractivity contribution is 5.76. The zero-order chi connectivity index (χ0) is 17.1. The molecule has 0 aliphatic carbocycles. The van der Waals surface area contributed by atoms with Crippen molar-refractivity contribution < 1.29 is 0 Å². The van der Waals surface area contributed by atoms with Gasteiger partial charge in [0.1, 0.15) is 0 Å². The molecule has 0 saturated carbocycles. The van der Waals surface area contributed by atoms with Crippen molar-refractivity contribution in [3.63, 3.8) is 0 Å². The fraction of sp³-hybridized carbons (Fsp3) is 0.130. The minimum absolute atomic E-state index is 0.988. The Morgan fingerprint density at radius 2 is 1.83 bits per heavy atom. The molecule has 0 fully saturated rings. The molecule has 1 aliphatic rings. The number of hydrogen-bond donors (Lipinski definition) is 0. The number of para-hydroxylation sites is 1. The van der Waals surface area contributed by atoms with Gasteiger partial charge in [0.25, 0.3) is 0 Å². The van der Waals surface area contributed by atoms with Gasteiger partial charge in [-0.15, -0.1) is 0 Å². The van der Waals surface area contributed by atoms with Crippen LogP contribution in [0.5, 0.6) is 0 Å². The van der Waals surface area contributed by atoms with Crippen LogP contribution in [-0.2, 0) is 0 Å². The maximum Gasteiger partial charge on any atom is 0.0481 e. The van der Waals surface area contributed by atoms with Crippen LogP contribution in [0.4, 0.5) is 5.69 Å². The fourth-order valence-corrected chi connectivity index (χ4v) is 2.88. The van der Waals surface area contributed by atoms with Crippen LogP contribution >= 0.6 is 0 Å². The van der Waals surface area contributed by atoms with Crippen LogP contribution in [0.3, 0.4) is 0 Å². The molecule has 1 heterocycles. The van der Waals surface area contributed by atoms with Gasteiger partial charge in [0.2, 0.25) is 0 Å². The van der Waals surface area contributed by atoms with Crippen LogP contribution in [0.15, 0.2) is 78.5 Å². The maximum atomic E-state index is 4.18. The number of fused-ring (bicyclic) bond motifs is 1. The van der Waals surface area contributed by atoms with Crippen molar-refractivity contribution in [3.05, 3.63) is 101 Å². The average molecular weight is 313 g/mol. The summed E-state index contributed by atoms with van der Waals surface area (Å²) in [7, 11) is 2.09. The second-order valence-electron chi connectivity index (χ2n) is 6.29. The molecule has 0 N–H and O–H groups in total. The van der Waals surface area contributed by atoms with Gasteiger partial charge in [-0.1, -0.05) is 66.8 Å². The van der Waals surface area contributed by atoms with Gasteiger partial charge in [0.15, 0.2) is 0 Å². The van der Waals surface area contributed by atoms with E-state index in [1.54, 1.807) is 0 Å². The summed E-state index contributed by atoms with van der Waals surface area (Å²) in [5, 5.41) is 0. The van der Waals surface area contributed by atoms with Crippen LogP contribution in [0.2, 0.25) is 0 Å². The van der Waals surface area contributed by atoms with E-state index < -0.39 is 0 Å². The summed E-state index contributed by atoms with van der Waals surface area (Å²) in [4.78, 5) is 2.20. The molecule has 0 amide bonds. The third-order valence-corrected chi connectivity index (χ3v) is 4.36. The monoisotopic (exact) mass is 313 g/mol. The Hall–Kier alpha value is -2.80. The predicted octanol–water partition coefficient (Wildman–Crippen LogP) is 5.92. The minimum atomic E-state index is 0.988. The van der Waals surface area contributed by atoms with Crippen LogP contribution in [0.1, 0.15) is 22.3 Å². The Bertz CT molecular complexity index is 865. The third-order valence-electron chi connectivity index (χ3n) is 4.36. The van der Waals surface area contributed by atoms with Crippen molar-refractivity contribution in [1.29, 1.82) is 0 Å². The highest BCUT2D eigenvalue weighted by atomic mass is 15.1. The van der Waals surface area contributed by atoms with E-state index in [2.05, 4.69) is 105 Å². The van der Waals surface area contributed by atoms with E-state index in [1.807, 2.05) is 0 Å². The van der Waals surface area contributed by atoms with Crippen molar-refractivity contribution in [2.75, 3.05) is 11.9 Å². The number of hydrogen-bond acceptors (Lipinski definition) is 1. The van der Waals surface area contributed by atoms with Crippen LogP contribution in [-0.4, -0.2) is 7.05 Å².